The van der Waals surface area contributed by atoms with Crippen molar-refractivity contribution in [1.29, 1.82) is 0 Å². The largest absolute Gasteiger partial charge is 0.375 e. The minimum Gasteiger partial charge on any atom is -0.375 e. The molecule has 0 aliphatic carbocycles. The standard InChI is InChI=1S/C15H20F2N2O2/c16-14(17)15(20)18-9-13-11-19(7-4-8-21-13)10-12-5-2-1-3-6-12/h1-3,5-6,13-14H,4,7-11H2,(H,18,20)/t13-/m1/s1. The number of benzene rings is 1. The zero-order chi connectivity index (χ0) is 15.1. The summed E-state index contributed by atoms with van der Waals surface area (Å²) in [5.74, 6) is -1.24. The first-order valence-electron chi connectivity index (χ1n) is 7.09. The van der Waals surface area contributed by atoms with Gasteiger partial charge in [-0.05, 0) is 12.0 Å². The lowest BCUT2D eigenvalue weighted by atomic mass is 10.2. The van der Waals surface area contributed by atoms with Crippen LogP contribution < -0.4 is 5.32 Å². The fourth-order valence-corrected chi connectivity index (χ4v) is 2.37. The number of rotatable bonds is 5. The fraction of sp³-hybridized carbons (Fsp3) is 0.533. The van der Waals surface area contributed by atoms with Crippen molar-refractivity contribution in [3.8, 4) is 0 Å². The molecule has 0 bridgehead atoms. The van der Waals surface area contributed by atoms with Gasteiger partial charge in [0.1, 0.15) is 0 Å². The Bertz CT molecular complexity index is 443. The second-order valence-electron chi connectivity index (χ2n) is 5.11. The molecule has 0 radical (unpaired) electrons. The fourth-order valence-electron chi connectivity index (χ4n) is 2.37. The predicted molar refractivity (Wildman–Crippen MR) is 75.1 cm³/mol. The van der Waals surface area contributed by atoms with Crippen LogP contribution in [0.1, 0.15) is 12.0 Å². The monoisotopic (exact) mass is 298 g/mol. The molecule has 2 rings (SSSR count). The molecule has 21 heavy (non-hydrogen) atoms. The molecular weight excluding hydrogens is 278 g/mol. The van der Waals surface area contributed by atoms with E-state index in [1.165, 1.54) is 5.56 Å². The molecule has 1 aliphatic heterocycles. The van der Waals surface area contributed by atoms with Crippen LogP contribution in [0.25, 0.3) is 0 Å². The van der Waals surface area contributed by atoms with Gasteiger partial charge in [0, 0.05) is 32.8 Å². The lowest BCUT2D eigenvalue weighted by Gasteiger charge is -2.24. The van der Waals surface area contributed by atoms with Gasteiger partial charge in [0.05, 0.1) is 6.10 Å². The van der Waals surface area contributed by atoms with E-state index in [-0.39, 0.29) is 12.6 Å². The van der Waals surface area contributed by atoms with Crippen molar-refractivity contribution >= 4 is 5.91 Å². The van der Waals surface area contributed by atoms with E-state index in [9.17, 15) is 13.6 Å². The first-order valence-corrected chi connectivity index (χ1v) is 7.09. The molecule has 1 atom stereocenters. The molecule has 1 amide bonds. The van der Waals surface area contributed by atoms with E-state index in [1.807, 2.05) is 18.2 Å². The molecule has 1 N–H and O–H groups in total. The number of carbonyl (C=O) groups excluding carboxylic acids is 1. The quantitative estimate of drug-likeness (QED) is 0.899. The number of nitrogens with one attached hydrogen (secondary N) is 1. The Labute approximate surface area is 123 Å². The smallest absolute Gasteiger partial charge is 0.315 e. The number of halogens is 2. The number of amides is 1. The molecule has 116 valence electrons. The lowest BCUT2D eigenvalue weighted by Crippen LogP contribution is -2.41. The number of alkyl halides is 2. The molecule has 1 heterocycles. The molecule has 1 fully saturated rings. The van der Waals surface area contributed by atoms with Crippen molar-refractivity contribution in [2.24, 2.45) is 0 Å². The van der Waals surface area contributed by atoms with Crippen LogP contribution >= 0.6 is 0 Å². The molecule has 1 aliphatic rings. The van der Waals surface area contributed by atoms with Gasteiger partial charge in [0.25, 0.3) is 5.91 Å². The second kappa shape index (κ2) is 8.05. The van der Waals surface area contributed by atoms with Gasteiger partial charge in [-0.1, -0.05) is 30.3 Å². The first kappa shape index (κ1) is 15.9. The van der Waals surface area contributed by atoms with Gasteiger partial charge in [0.15, 0.2) is 0 Å². The maximum Gasteiger partial charge on any atom is 0.315 e. The average Bonchev–Trinajstić information content (AvgIpc) is 2.71. The molecule has 1 aromatic rings. The Morgan fingerprint density at radius 3 is 2.86 bits per heavy atom. The van der Waals surface area contributed by atoms with E-state index in [2.05, 4.69) is 22.3 Å². The van der Waals surface area contributed by atoms with Crippen molar-refractivity contribution in [2.75, 3.05) is 26.2 Å². The first-order chi connectivity index (χ1) is 10.1. The summed E-state index contributed by atoms with van der Waals surface area (Å²) in [5.41, 5.74) is 1.20. The zero-order valence-corrected chi connectivity index (χ0v) is 11.8. The van der Waals surface area contributed by atoms with Gasteiger partial charge in [0.2, 0.25) is 0 Å². The number of nitrogens with zero attached hydrogens (tertiary/aromatic N) is 1. The van der Waals surface area contributed by atoms with Crippen LogP contribution in [-0.2, 0) is 16.1 Å². The van der Waals surface area contributed by atoms with E-state index in [1.54, 1.807) is 0 Å². The van der Waals surface area contributed by atoms with E-state index >= 15 is 0 Å². The van der Waals surface area contributed by atoms with Crippen molar-refractivity contribution < 1.29 is 18.3 Å². The van der Waals surface area contributed by atoms with Crippen LogP contribution in [0.5, 0.6) is 0 Å². The zero-order valence-electron chi connectivity index (χ0n) is 11.8. The molecule has 0 spiro atoms. The summed E-state index contributed by atoms with van der Waals surface area (Å²) in [7, 11) is 0. The molecule has 1 aromatic carbocycles. The third kappa shape index (κ3) is 5.40. The highest BCUT2D eigenvalue weighted by atomic mass is 19.3. The molecule has 0 unspecified atom stereocenters. The third-order valence-corrected chi connectivity index (χ3v) is 3.39. The Kier molecular flexibility index (Phi) is 6.07. The van der Waals surface area contributed by atoms with Crippen LogP contribution in [-0.4, -0.2) is 49.6 Å². The lowest BCUT2D eigenvalue weighted by molar-refractivity contribution is -0.132. The van der Waals surface area contributed by atoms with E-state index in [0.717, 1.165) is 19.5 Å². The molecule has 4 nitrogen and oxygen atoms in total. The Morgan fingerprint density at radius 1 is 1.38 bits per heavy atom. The Hall–Kier alpha value is -1.53. The third-order valence-electron chi connectivity index (χ3n) is 3.39. The normalized spacial score (nSPS) is 20.2. The molecule has 6 heteroatoms. The van der Waals surface area contributed by atoms with Gasteiger partial charge in [-0.15, -0.1) is 0 Å². The predicted octanol–water partition coefficient (Wildman–Crippen LogP) is 1.66. The van der Waals surface area contributed by atoms with Crippen molar-refractivity contribution in [3.63, 3.8) is 0 Å². The average molecular weight is 298 g/mol. The number of hydrogen-bond acceptors (Lipinski definition) is 3. The van der Waals surface area contributed by atoms with Crippen molar-refractivity contribution in [2.45, 2.75) is 25.5 Å². The maximum atomic E-state index is 12.2. The molecule has 0 aromatic heterocycles. The van der Waals surface area contributed by atoms with Crippen LogP contribution in [0, 0.1) is 0 Å². The second-order valence-corrected chi connectivity index (χ2v) is 5.11. The summed E-state index contributed by atoms with van der Waals surface area (Å²) >= 11 is 0. The number of carbonyl (C=O) groups is 1. The van der Waals surface area contributed by atoms with Crippen LogP contribution in [0.3, 0.4) is 0 Å². The minimum absolute atomic E-state index is 0.120. The number of hydrogen-bond donors (Lipinski definition) is 1. The van der Waals surface area contributed by atoms with E-state index < -0.39 is 12.3 Å². The Morgan fingerprint density at radius 2 is 2.14 bits per heavy atom. The Balaban J connectivity index is 1.84. The summed E-state index contributed by atoms with van der Waals surface area (Å²) in [6.07, 6.45) is -2.33. The summed E-state index contributed by atoms with van der Waals surface area (Å²) in [4.78, 5) is 13.1. The van der Waals surface area contributed by atoms with Crippen LogP contribution in [0.4, 0.5) is 8.78 Å². The van der Waals surface area contributed by atoms with Gasteiger partial charge >= 0.3 is 6.43 Å². The van der Waals surface area contributed by atoms with Crippen molar-refractivity contribution in [1.82, 2.24) is 10.2 Å². The summed E-state index contributed by atoms with van der Waals surface area (Å²) in [5, 5.41) is 2.22. The van der Waals surface area contributed by atoms with Crippen molar-refractivity contribution in [3.05, 3.63) is 35.9 Å². The van der Waals surface area contributed by atoms with Gasteiger partial charge in [-0.25, -0.2) is 0 Å². The SMILES string of the molecule is O=C(NC[C@@H]1CN(Cc2ccccc2)CCCO1)C(F)F. The van der Waals surface area contributed by atoms with Gasteiger partial charge in [-0.3, -0.25) is 9.69 Å². The van der Waals surface area contributed by atoms with E-state index in [4.69, 9.17) is 4.74 Å². The van der Waals surface area contributed by atoms with E-state index in [0.29, 0.717) is 13.2 Å². The summed E-state index contributed by atoms with van der Waals surface area (Å²) in [6, 6.07) is 10.1. The summed E-state index contributed by atoms with van der Waals surface area (Å²) in [6.45, 7) is 3.02. The van der Waals surface area contributed by atoms with Gasteiger partial charge < -0.3 is 10.1 Å². The topological polar surface area (TPSA) is 41.6 Å². The maximum absolute atomic E-state index is 12.2. The van der Waals surface area contributed by atoms with Gasteiger partial charge in [-0.2, -0.15) is 8.78 Å². The van der Waals surface area contributed by atoms with Crippen LogP contribution in [0.2, 0.25) is 0 Å². The molecule has 1 saturated heterocycles. The number of ether oxygens (including phenoxy) is 1. The highest BCUT2D eigenvalue weighted by Crippen LogP contribution is 2.10. The molecular formula is C15H20F2N2O2. The highest BCUT2D eigenvalue weighted by Gasteiger charge is 2.21. The highest BCUT2D eigenvalue weighted by molar-refractivity contribution is 5.79. The molecule has 0 saturated carbocycles. The minimum atomic E-state index is -2.98. The van der Waals surface area contributed by atoms with Crippen LogP contribution in [0.15, 0.2) is 30.3 Å². The summed E-state index contributed by atoms with van der Waals surface area (Å²) < 4.78 is 29.9.